The second-order valence-corrected chi connectivity index (χ2v) is 7.52. The smallest absolute Gasteiger partial charge is 0.246 e. The SMILES string of the molecule is CC1(C)CN(C(C(=O)Nc2ccccc2)c2ccccc2)CCC1N.Cl. The fourth-order valence-corrected chi connectivity index (χ4v) is 3.53. The number of amides is 1. The number of likely N-dealkylation sites (tertiary alicyclic amines) is 1. The topological polar surface area (TPSA) is 58.4 Å². The van der Waals surface area contributed by atoms with Crippen molar-refractivity contribution in [3.8, 4) is 0 Å². The molecular formula is C21H28ClN3O. The van der Waals surface area contributed by atoms with E-state index in [1.807, 2.05) is 60.7 Å². The van der Waals surface area contributed by atoms with E-state index in [9.17, 15) is 4.79 Å². The minimum absolute atomic E-state index is 0. The first-order valence-corrected chi connectivity index (χ1v) is 8.88. The summed E-state index contributed by atoms with van der Waals surface area (Å²) < 4.78 is 0. The van der Waals surface area contributed by atoms with Gasteiger partial charge in [-0.3, -0.25) is 9.69 Å². The first kappa shape index (κ1) is 20.4. The van der Waals surface area contributed by atoms with E-state index in [0.29, 0.717) is 0 Å². The Labute approximate surface area is 162 Å². The highest BCUT2D eigenvalue weighted by atomic mass is 35.5. The van der Waals surface area contributed by atoms with Gasteiger partial charge in [0.05, 0.1) is 0 Å². The van der Waals surface area contributed by atoms with E-state index in [1.54, 1.807) is 0 Å². The van der Waals surface area contributed by atoms with Crippen LogP contribution in [0.4, 0.5) is 5.69 Å². The van der Waals surface area contributed by atoms with Gasteiger partial charge < -0.3 is 11.1 Å². The molecule has 2 atom stereocenters. The van der Waals surface area contributed by atoms with E-state index in [4.69, 9.17) is 5.73 Å². The molecule has 1 aliphatic rings. The van der Waals surface area contributed by atoms with Gasteiger partial charge in [-0.1, -0.05) is 62.4 Å². The van der Waals surface area contributed by atoms with Crippen molar-refractivity contribution in [1.82, 2.24) is 4.90 Å². The van der Waals surface area contributed by atoms with Crippen LogP contribution in [-0.2, 0) is 4.79 Å². The molecule has 2 aromatic carbocycles. The molecule has 140 valence electrons. The molecule has 0 saturated carbocycles. The Bertz CT molecular complexity index is 706. The number of nitrogens with one attached hydrogen (secondary N) is 1. The van der Waals surface area contributed by atoms with Crippen molar-refractivity contribution in [3.63, 3.8) is 0 Å². The predicted molar refractivity (Wildman–Crippen MR) is 109 cm³/mol. The third kappa shape index (κ3) is 4.64. The van der Waals surface area contributed by atoms with Crippen LogP contribution in [0.2, 0.25) is 0 Å². The molecule has 0 radical (unpaired) electrons. The van der Waals surface area contributed by atoms with Crippen LogP contribution in [0.5, 0.6) is 0 Å². The van der Waals surface area contributed by atoms with Crippen LogP contribution in [0.15, 0.2) is 60.7 Å². The zero-order valence-electron chi connectivity index (χ0n) is 15.4. The second-order valence-electron chi connectivity index (χ2n) is 7.52. The van der Waals surface area contributed by atoms with Gasteiger partial charge in [-0.05, 0) is 29.5 Å². The molecule has 4 nitrogen and oxygen atoms in total. The van der Waals surface area contributed by atoms with E-state index >= 15 is 0 Å². The second kappa shape index (κ2) is 8.67. The molecule has 0 spiro atoms. The molecular weight excluding hydrogens is 346 g/mol. The Morgan fingerprint density at radius 2 is 1.69 bits per heavy atom. The van der Waals surface area contributed by atoms with Gasteiger partial charge in [0.25, 0.3) is 0 Å². The zero-order chi connectivity index (χ0) is 17.9. The lowest BCUT2D eigenvalue weighted by Crippen LogP contribution is -2.54. The highest BCUT2D eigenvalue weighted by molar-refractivity contribution is 5.95. The maximum atomic E-state index is 13.1. The largest absolute Gasteiger partial charge is 0.327 e. The summed E-state index contributed by atoms with van der Waals surface area (Å²) >= 11 is 0. The van der Waals surface area contributed by atoms with Crippen molar-refractivity contribution >= 4 is 24.0 Å². The fraction of sp³-hybridized carbons (Fsp3) is 0.381. The number of benzene rings is 2. The summed E-state index contributed by atoms with van der Waals surface area (Å²) in [4.78, 5) is 15.4. The van der Waals surface area contributed by atoms with E-state index in [2.05, 4.69) is 24.1 Å². The number of carbonyl (C=O) groups is 1. The molecule has 1 aliphatic heterocycles. The molecule has 1 amide bonds. The van der Waals surface area contributed by atoms with Crippen molar-refractivity contribution in [1.29, 1.82) is 0 Å². The van der Waals surface area contributed by atoms with Gasteiger partial charge in [-0.2, -0.15) is 0 Å². The first-order valence-electron chi connectivity index (χ1n) is 8.88. The van der Waals surface area contributed by atoms with Crippen molar-refractivity contribution in [2.24, 2.45) is 11.1 Å². The molecule has 2 unspecified atom stereocenters. The Morgan fingerprint density at radius 3 is 2.27 bits per heavy atom. The molecule has 2 aromatic rings. The molecule has 26 heavy (non-hydrogen) atoms. The third-order valence-electron chi connectivity index (χ3n) is 5.11. The Balaban J connectivity index is 0.00000243. The minimum atomic E-state index is -0.312. The molecule has 1 fully saturated rings. The van der Waals surface area contributed by atoms with Gasteiger partial charge in [-0.15, -0.1) is 12.4 Å². The lowest BCUT2D eigenvalue weighted by Gasteiger charge is -2.45. The lowest BCUT2D eigenvalue weighted by atomic mass is 9.79. The van der Waals surface area contributed by atoms with Gasteiger partial charge in [0.1, 0.15) is 6.04 Å². The maximum Gasteiger partial charge on any atom is 0.246 e. The van der Waals surface area contributed by atoms with Crippen LogP contribution >= 0.6 is 12.4 Å². The van der Waals surface area contributed by atoms with Crippen molar-refractivity contribution in [2.75, 3.05) is 18.4 Å². The lowest BCUT2D eigenvalue weighted by molar-refractivity contribution is -0.123. The summed E-state index contributed by atoms with van der Waals surface area (Å²) in [7, 11) is 0. The van der Waals surface area contributed by atoms with Gasteiger partial charge >= 0.3 is 0 Å². The van der Waals surface area contributed by atoms with E-state index in [0.717, 1.165) is 30.8 Å². The number of hydrogen-bond donors (Lipinski definition) is 2. The monoisotopic (exact) mass is 373 g/mol. The first-order chi connectivity index (χ1) is 12.0. The summed E-state index contributed by atoms with van der Waals surface area (Å²) in [6.45, 7) is 5.99. The fourth-order valence-electron chi connectivity index (χ4n) is 3.53. The number of para-hydroxylation sites is 1. The summed E-state index contributed by atoms with van der Waals surface area (Å²) in [5.74, 6) is 0.00340. The summed E-state index contributed by atoms with van der Waals surface area (Å²) in [5.41, 5.74) is 8.11. The number of anilines is 1. The highest BCUT2D eigenvalue weighted by Crippen LogP contribution is 2.33. The number of rotatable bonds is 4. The average molecular weight is 374 g/mol. The van der Waals surface area contributed by atoms with Crippen molar-refractivity contribution in [2.45, 2.75) is 32.4 Å². The summed E-state index contributed by atoms with van der Waals surface area (Å²) in [6, 6.07) is 19.5. The van der Waals surface area contributed by atoms with Gasteiger partial charge in [0, 0.05) is 24.8 Å². The van der Waals surface area contributed by atoms with Crippen LogP contribution in [0.25, 0.3) is 0 Å². The molecule has 5 heteroatoms. The molecule has 0 bridgehead atoms. The number of nitrogens with two attached hydrogens (primary N) is 1. The number of nitrogens with zero attached hydrogens (tertiary/aromatic N) is 1. The average Bonchev–Trinajstić information content (AvgIpc) is 2.60. The third-order valence-corrected chi connectivity index (χ3v) is 5.11. The van der Waals surface area contributed by atoms with E-state index < -0.39 is 0 Å². The van der Waals surface area contributed by atoms with Crippen LogP contribution in [0, 0.1) is 5.41 Å². The molecule has 0 aromatic heterocycles. The van der Waals surface area contributed by atoms with Crippen molar-refractivity contribution < 1.29 is 4.79 Å². The van der Waals surface area contributed by atoms with E-state index in [1.165, 1.54) is 0 Å². The van der Waals surface area contributed by atoms with Crippen LogP contribution in [-0.4, -0.2) is 29.9 Å². The van der Waals surface area contributed by atoms with Gasteiger partial charge in [0.2, 0.25) is 5.91 Å². The molecule has 3 N–H and O–H groups in total. The standard InChI is InChI=1S/C21H27N3O.ClH/c1-21(2)15-24(14-13-18(21)22)19(16-9-5-3-6-10-16)20(25)23-17-11-7-4-8-12-17;/h3-12,18-19H,13-15,22H2,1-2H3,(H,23,25);1H. The predicted octanol–water partition coefficient (Wildman–Crippen LogP) is 3.85. The highest BCUT2D eigenvalue weighted by Gasteiger charge is 2.38. The minimum Gasteiger partial charge on any atom is -0.327 e. The molecule has 1 saturated heterocycles. The number of hydrogen-bond acceptors (Lipinski definition) is 3. The van der Waals surface area contributed by atoms with Crippen LogP contribution < -0.4 is 11.1 Å². The number of halogens is 1. The number of carbonyl (C=O) groups excluding carboxylic acids is 1. The summed E-state index contributed by atoms with van der Waals surface area (Å²) in [5, 5.41) is 3.06. The Kier molecular flexibility index (Phi) is 6.81. The van der Waals surface area contributed by atoms with Crippen LogP contribution in [0.3, 0.4) is 0 Å². The van der Waals surface area contributed by atoms with Gasteiger partial charge in [-0.25, -0.2) is 0 Å². The summed E-state index contributed by atoms with van der Waals surface area (Å²) in [6.07, 6.45) is 0.898. The normalized spacial score (nSPS) is 20.7. The number of piperidine rings is 1. The van der Waals surface area contributed by atoms with Crippen molar-refractivity contribution in [3.05, 3.63) is 66.2 Å². The quantitative estimate of drug-likeness (QED) is 0.855. The maximum absolute atomic E-state index is 13.1. The van der Waals surface area contributed by atoms with Gasteiger partial charge in [0.15, 0.2) is 0 Å². The molecule has 0 aliphatic carbocycles. The van der Waals surface area contributed by atoms with Crippen LogP contribution in [0.1, 0.15) is 31.9 Å². The van der Waals surface area contributed by atoms with E-state index in [-0.39, 0.29) is 35.8 Å². The molecule has 3 rings (SSSR count). The zero-order valence-corrected chi connectivity index (χ0v) is 16.2. The molecule has 1 heterocycles. The Hall–Kier alpha value is -1.88. The Morgan fingerprint density at radius 1 is 1.12 bits per heavy atom.